The summed E-state index contributed by atoms with van der Waals surface area (Å²) in [5.74, 6) is 0.625. The molecule has 0 spiro atoms. The molecule has 7 heteroatoms. The fourth-order valence-corrected chi connectivity index (χ4v) is 5.43. The monoisotopic (exact) mass is 430 g/mol. The van der Waals surface area contributed by atoms with Crippen molar-refractivity contribution in [2.45, 2.75) is 37.3 Å². The molecule has 1 atom stereocenters. The number of nitriles is 1. The van der Waals surface area contributed by atoms with Crippen molar-refractivity contribution in [2.24, 2.45) is 5.92 Å². The average molecular weight is 431 g/mol. The SMILES string of the molecule is COc1ccccc1-c1cccc(C#N)c1C1(C2CC2)C(=O)NC(=N)N1C1CCOCC1. The number of amides is 1. The van der Waals surface area contributed by atoms with Crippen LogP contribution in [-0.2, 0) is 15.1 Å². The summed E-state index contributed by atoms with van der Waals surface area (Å²) in [5.41, 5.74) is 1.68. The lowest BCUT2D eigenvalue weighted by Crippen LogP contribution is -2.55. The second kappa shape index (κ2) is 7.95. The van der Waals surface area contributed by atoms with Crippen LogP contribution >= 0.6 is 0 Å². The number of hydrogen-bond donors (Lipinski definition) is 2. The summed E-state index contributed by atoms with van der Waals surface area (Å²) < 4.78 is 11.2. The Morgan fingerprint density at radius 1 is 1.12 bits per heavy atom. The van der Waals surface area contributed by atoms with Gasteiger partial charge in [0.2, 0.25) is 0 Å². The number of guanidine groups is 1. The van der Waals surface area contributed by atoms with E-state index in [9.17, 15) is 10.1 Å². The van der Waals surface area contributed by atoms with Gasteiger partial charge in [-0.05, 0) is 49.3 Å². The van der Waals surface area contributed by atoms with Crippen molar-refractivity contribution in [1.82, 2.24) is 10.2 Å². The Bertz CT molecular complexity index is 1110. The van der Waals surface area contributed by atoms with E-state index in [0.717, 1.165) is 36.8 Å². The van der Waals surface area contributed by atoms with Crippen molar-refractivity contribution < 1.29 is 14.3 Å². The fraction of sp³-hybridized carbons (Fsp3) is 0.400. The maximum absolute atomic E-state index is 13.8. The number of carbonyl (C=O) groups is 1. The van der Waals surface area contributed by atoms with Gasteiger partial charge in [0.15, 0.2) is 11.5 Å². The number of carbonyl (C=O) groups excluding carboxylic acids is 1. The quantitative estimate of drug-likeness (QED) is 0.758. The van der Waals surface area contributed by atoms with Crippen molar-refractivity contribution in [1.29, 1.82) is 10.7 Å². The summed E-state index contributed by atoms with van der Waals surface area (Å²) >= 11 is 0. The van der Waals surface area contributed by atoms with Crippen molar-refractivity contribution >= 4 is 11.9 Å². The minimum Gasteiger partial charge on any atom is -0.496 e. The molecule has 0 bridgehead atoms. The average Bonchev–Trinajstić information content (AvgIpc) is 3.64. The van der Waals surface area contributed by atoms with Gasteiger partial charge in [-0.1, -0.05) is 30.3 Å². The molecule has 164 valence electrons. The van der Waals surface area contributed by atoms with E-state index in [1.165, 1.54) is 0 Å². The van der Waals surface area contributed by atoms with Crippen LogP contribution in [0.3, 0.4) is 0 Å². The first-order valence-corrected chi connectivity index (χ1v) is 11.1. The second-order valence-electron chi connectivity index (χ2n) is 8.60. The molecule has 7 nitrogen and oxygen atoms in total. The molecule has 0 radical (unpaired) electrons. The zero-order chi connectivity index (χ0) is 22.3. The van der Waals surface area contributed by atoms with Gasteiger partial charge in [-0.25, -0.2) is 0 Å². The molecule has 2 heterocycles. The highest BCUT2D eigenvalue weighted by atomic mass is 16.5. The van der Waals surface area contributed by atoms with Gasteiger partial charge in [0.25, 0.3) is 5.91 Å². The molecule has 1 amide bonds. The van der Waals surface area contributed by atoms with Crippen LogP contribution in [0.4, 0.5) is 0 Å². The molecular weight excluding hydrogens is 404 g/mol. The molecule has 2 N–H and O–H groups in total. The number of ether oxygens (including phenoxy) is 2. The van der Waals surface area contributed by atoms with Gasteiger partial charge in [0.05, 0.1) is 18.7 Å². The Labute approximate surface area is 187 Å². The number of hydrogen-bond acceptors (Lipinski definition) is 5. The molecule has 3 fully saturated rings. The summed E-state index contributed by atoms with van der Waals surface area (Å²) in [4.78, 5) is 15.7. The van der Waals surface area contributed by atoms with E-state index >= 15 is 0 Å². The topological polar surface area (TPSA) is 98.4 Å². The Kier molecular flexibility index (Phi) is 5.10. The zero-order valence-corrected chi connectivity index (χ0v) is 18.1. The smallest absolute Gasteiger partial charge is 0.257 e. The zero-order valence-electron chi connectivity index (χ0n) is 18.1. The number of methoxy groups -OCH3 is 1. The van der Waals surface area contributed by atoms with Crippen molar-refractivity contribution in [3.63, 3.8) is 0 Å². The van der Waals surface area contributed by atoms with E-state index in [4.69, 9.17) is 14.9 Å². The van der Waals surface area contributed by atoms with Gasteiger partial charge >= 0.3 is 0 Å². The lowest BCUT2D eigenvalue weighted by Gasteiger charge is -2.44. The first-order valence-electron chi connectivity index (χ1n) is 11.1. The molecule has 0 aromatic heterocycles. The van der Waals surface area contributed by atoms with E-state index in [1.54, 1.807) is 13.2 Å². The van der Waals surface area contributed by atoms with Gasteiger partial charge in [-0.15, -0.1) is 0 Å². The molecule has 1 saturated carbocycles. The highest BCUT2D eigenvalue weighted by molar-refractivity contribution is 6.10. The molecule has 3 aliphatic rings. The van der Waals surface area contributed by atoms with Crippen molar-refractivity contribution in [2.75, 3.05) is 20.3 Å². The molecule has 2 aliphatic heterocycles. The molecule has 1 unspecified atom stereocenters. The number of nitrogens with one attached hydrogen (secondary N) is 2. The van der Waals surface area contributed by atoms with E-state index in [0.29, 0.717) is 30.1 Å². The highest BCUT2D eigenvalue weighted by Gasteiger charge is 2.63. The molecule has 2 saturated heterocycles. The molecule has 1 aliphatic carbocycles. The predicted octanol–water partition coefficient (Wildman–Crippen LogP) is 3.38. The Morgan fingerprint density at radius 3 is 2.53 bits per heavy atom. The van der Waals surface area contributed by atoms with Gasteiger partial charge < -0.3 is 14.4 Å². The third kappa shape index (κ3) is 2.98. The Hall–Kier alpha value is -3.37. The number of rotatable bonds is 5. The summed E-state index contributed by atoms with van der Waals surface area (Å²) in [5, 5.41) is 21.7. The third-order valence-electron chi connectivity index (χ3n) is 6.89. The summed E-state index contributed by atoms with van der Waals surface area (Å²) in [7, 11) is 1.62. The van der Waals surface area contributed by atoms with Crippen LogP contribution in [0.15, 0.2) is 42.5 Å². The van der Waals surface area contributed by atoms with Crippen LogP contribution in [0.5, 0.6) is 5.75 Å². The fourth-order valence-electron chi connectivity index (χ4n) is 5.43. The third-order valence-corrected chi connectivity index (χ3v) is 6.89. The summed E-state index contributed by atoms with van der Waals surface area (Å²) in [6.07, 6.45) is 3.24. The van der Waals surface area contributed by atoms with Crippen molar-refractivity contribution in [3.05, 3.63) is 53.6 Å². The van der Waals surface area contributed by atoms with Gasteiger partial charge in [0, 0.05) is 30.4 Å². The molecule has 2 aromatic rings. The minimum atomic E-state index is -1.10. The van der Waals surface area contributed by atoms with Crippen LogP contribution in [0.25, 0.3) is 11.1 Å². The summed E-state index contributed by atoms with van der Waals surface area (Å²) in [6.45, 7) is 1.20. The lowest BCUT2D eigenvalue weighted by molar-refractivity contribution is -0.130. The second-order valence-corrected chi connectivity index (χ2v) is 8.60. The standard InChI is InChI=1S/C25H26N4O3/c1-31-21-8-3-2-6-19(21)20-7-4-5-16(15-26)22(20)25(17-9-10-17)23(30)28-24(27)29(25)18-11-13-32-14-12-18/h2-8,17-18H,9-14H2,1H3,(H2,27,28,30). The van der Waals surface area contributed by atoms with Crippen LogP contribution in [0.1, 0.15) is 36.8 Å². The molecule has 2 aromatic carbocycles. The van der Waals surface area contributed by atoms with Crippen LogP contribution in [0.2, 0.25) is 0 Å². The number of nitrogens with zero attached hydrogens (tertiary/aromatic N) is 2. The molecule has 32 heavy (non-hydrogen) atoms. The maximum Gasteiger partial charge on any atom is 0.257 e. The number of para-hydroxylation sites is 1. The normalized spacial score (nSPS) is 23.7. The highest BCUT2D eigenvalue weighted by Crippen LogP contribution is 2.56. The van der Waals surface area contributed by atoms with E-state index in [2.05, 4.69) is 11.4 Å². The molecule has 5 rings (SSSR count). The van der Waals surface area contributed by atoms with Crippen LogP contribution < -0.4 is 10.1 Å². The van der Waals surface area contributed by atoms with E-state index in [1.807, 2.05) is 41.3 Å². The van der Waals surface area contributed by atoms with Gasteiger partial charge in [0.1, 0.15) is 5.75 Å². The van der Waals surface area contributed by atoms with E-state index in [-0.39, 0.29) is 23.8 Å². The van der Waals surface area contributed by atoms with Crippen LogP contribution in [0, 0.1) is 22.7 Å². The number of benzene rings is 2. The lowest BCUT2D eigenvalue weighted by atomic mass is 9.75. The first kappa shape index (κ1) is 20.5. The van der Waals surface area contributed by atoms with Gasteiger partial charge in [-0.3, -0.25) is 15.5 Å². The Balaban J connectivity index is 1.80. The first-order chi connectivity index (χ1) is 15.6. The van der Waals surface area contributed by atoms with Gasteiger partial charge in [-0.2, -0.15) is 5.26 Å². The van der Waals surface area contributed by atoms with E-state index < -0.39 is 5.54 Å². The van der Waals surface area contributed by atoms with Crippen molar-refractivity contribution in [3.8, 4) is 22.9 Å². The summed E-state index contributed by atoms with van der Waals surface area (Å²) in [6, 6.07) is 15.6. The Morgan fingerprint density at radius 2 is 1.84 bits per heavy atom. The predicted molar refractivity (Wildman–Crippen MR) is 119 cm³/mol. The van der Waals surface area contributed by atoms with Crippen LogP contribution in [-0.4, -0.2) is 43.1 Å². The maximum atomic E-state index is 13.8. The molecular formula is C25H26N4O3. The largest absolute Gasteiger partial charge is 0.496 e. The minimum absolute atomic E-state index is 0.00642.